The van der Waals surface area contributed by atoms with Crippen molar-refractivity contribution in [2.45, 2.75) is 10.9 Å². The molecule has 8 heteroatoms. The van der Waals surface area contributed by atoms with Crippen LogP contribution in [0.3, 0.4) is 0 Å². The smallest absolute Gasteiger partial charge is 0.324 e. The summed E-state index contributed by atoms with van der Waals surface area (Å²) in [4.78, 5) is 10.5. The summed E-state index contributed by atoms with van der Waals surface area (Å²) in [6.45, 7) is -0.831. The largest absolute Gasteiger partial charge is 0.480 e. The van der Waals surface area contributed by atoms with Gasteiger partial charge in [-0.3, -0.25) is 4.79 Å². The van der Waals surface area contributed by atoms with E-state index in [2.05, 4.69) is 0 Å². The van der Waals surface area contributed by atoms with E-state index in [1.54, 1.807) is 0 Å². The van der Waals surface area contributed by atoms with E-state index in [9.17, 15) is 13.2 Å². The number of hydrogen-bond acceptors (Lipinski definition) is 4. The molecule has 94 valence electrons. The van der Waals surface area contributed by atoms with E-state index in [1.165, 1.54) is 24.3 Å². The summed E-state index contributed by atoms with van der Waals surface area (Å²) in [6, 6.07) is 3.63. The van der Waals surface area contributed by atoms with E-state index in [4.69, 9.17) is 21.8 Å². The maximum Gasteiger partial charge on any atom is 0.324 e. The molecule has 6 nitrogen and oxygen atoms in total. The topological polar surface area (TPSA) is 104 Å². The highest BCUT2D eigenvalue weighted by molar-refractivity contribution is 7.89. The molecule has 0 unspecified atom stereocenters. The highest BCUT2D eigenvalue weighted by atomic mass is 35.5. The van der Waals surface area contributed by atoms with E-state index in [-0.39, 0.29) is 4.90 Å². The van der Waals surface area contributed by atoms with Gasteiger partial charge in [0.05, 0.1) is 11.5 Å². The molecule has 0 saturated heterocycles. The molecule has 0 amide bonds. The average molecular weight is 280 g/mol. The van der Waals surface area contributed by atoms with Crippen LogP contribution in [0.2, 0.25) is 5.02 Å². The lowest BCUT2D eigenvalue weighted by Gasteiger charge is -2.12. The standard InChI is InChI=1S/C9H10ClNO5S/c10-6-1-3-7(4-2-6)17(15,16)11-8(5-12)9(13)14/h1-4,8,11-12H,5H2,(H,13,14)/t8-/m1/s1. The molecule has 0 fully saturated rings. The van der Waals surface area contributed by atoms with E-state index >= 15 is 0 Å². The Balaban J connectivity index is 2.96. The molecule has 1 rings (SSSR count). The summed E-state index contributed by atoms with van der Waals surface area (Å²) in [5, 5.41) is 17.7. The van der Waals surface area contributed by atoms with Crippen LogP contribution in [0.15, 0.2) is 29.2 Å². The van der Waals surface area contributed by atoms with Crippen LogP contribution < -0.4 is 4.72 Å². The second-order valence-electron chi connectivity index (χ2n) is 3.15. The first-order chi connectivity index (χ1) is 7.86. The number of nitrogens with one attached hydrogen (secondary N) is 1. The third-order valence-electron chi connectivity index (χ3n) is 1.90. The minimum absolute atomic E-state index is 0.124. The molecule has 0 heterocycles. The molecular formula is C9H10ClNO5S. The quantitative estimate of drug-likeness (QED) is 0.707. The van der Waals surface area contributed by atoms with Gasteiger partial charge < -0.3 is 10.2 Å². The predicted octanol–water partition coefficient (Wildman–Crippen LogP) is 0.0638. The molecule has 0 radical (unpaired) electrons. The molecule has 0 bridgehead atoms. The van der Waals surface area contributed by atoms with Crippen LogP contribution in [-0.2, 0) is 14.8 Å². The Kier molecular flexibility index (Phi) is 4.47. The van der Waals surface area contributed by atoms with Gasteiger partial charge in [-0.05, 0) is 24.3 Å². The van der Waals surface area contributed by atoms with Gasteiger partial charge >= 0.3 is 5.97 Å². The fourth-order valence-corrected chi connectivity index (χ4v) is 2.34. The molecule has 0 saturated carbocycles. The summed E-state index contributed by atoms with van der Waals surface area (Å²) in [6.07, 6.45) is 0. The first-order valence-corrected chi connectivity index (χ1v) is 6.34. The highest BCUT2D eigenvalue weighted by Gasteiger charge is 2.24. The van der Waals surface area contributed by atoms with Gasteiger partial charge in [0.2, 0.25) is 10.0 Å². The SMILES string of the molecule is O=C(O)[C@@H](CO)NS(=O)(=O)c1ccc(Cl)cc1. The Morgan fingerprint density at radius 3 is 2.29 bits per heavy atom. The molecular weight excluding hydrogens is 270 g/mol. The van der Waals surface area contributed by atoms with E-state index in [1.807, 2.05) is 4.72 Å². The number of carbonyl (C=O) groups is 1. The Bertz CT molecular complexity index is 499. The molecule has 0 spiro atoms. The van der Waals surface area contributed by atoms with Gasteiger partial charge in [-0.15, -0.1) is 0 Å². The van der Waals surface area contributed by atoms with Crippen molar-refractivity contribution in [1.82, 2.24) is 4.72 Å². The second kappa shape index (κ2) is 5.46. The number of aliphatic hydroxyl groups is 1. The molecule has 0 aliphatic rings. The maximum atomic E-state index is 11.7. The zero-order valence-electron chi connectivity index (χ0n) is 8.50. The van der Waals surface area contributed by atoms with E-state index in [0.29, 0.717) is 5.02 Å². The lowest BCUT2D eigenvalue weighted by molar-refractivity contribution is -0.139. The van der Waals surface area contributed by atoms with Crippen LogP contribution in [0.5, 0.6) is 0 Å². The van der Waals surface area contributed by atoms with Crippen LogP contribution in [0.25, 0.3) is 0 Å². The molecule has 0 aliphatic carbocycles. The van der Waals surface area contributed by atoms with Crippen molar-refractivity contribution in [3.05, 3.63) is 29.3 Å². The Labute approximate surface area is 103 Å². The van der Waals surface area contributed by atoms with Crippen molar-refractivity contribution in [2.75, 3.05) is 6.61 Å². The summed E-state index contributed by atoms with van der Waals surface area (Å²) in [5.74, 6) is -1.45. The average Bonchev–Trinajstić information content (AvgIpc) is 2.26. The number of halogens is 1. The maximum absolute atomic E-state index is 11.7. The molecule has 0 aliphatic heterocycles. The van der Waals surface area contributed by atoms with Gasteiger partial charge in [0.15, 0.2) is 0 Å². The first-order valence-electron chi connectivity index (χ1n) is 4.48. The molecule has 1 aromatic carbocycles. The van der Waals surface area contributed by atoms with Crippen LogP contribution in [0, 0.1) is 0 Å². The number of sulfonamides is 1. The van der Waals surface area contributed by atoms with Crippen molar-refractivity contribution >= 4 is 27.6 Å². The Morgan fingerprint density at radius 2 is 1.88 bits per heavy atom. The van der Waals surface area contributed by atoms with Gasteiger partial charge in [0.25, 0.3) is 0 Å². The predicted molar refractivity (Wildman–Crippen MR) is 60.3 cm³/mol. The molecule has 0 aromatic heterocycles. The lowest BCUT2D eigenvalue weighted by atomic mass is 10.3. The van der Waals surface area contributed by atoms with Crippen molar-refractivity contribution in [2.24, 2.45) is 0 Å². The zero-order valence-corrected chi connectivity index (χ0v) is 10.1. The monoisotopic (exact) mass is 279 g/mol. The van der Waals surface area contributed by atoms with Gasteiger partial charge in [0, 0.05) is 5.02 Å². The fourth-order valence-electron chi connectivity index (χ4n) is 1.03. The summed E-state index contributed by atoms with van der Waals surface area (Å²) in [7, 11) is -3.98. The molecule has 3 N–H and O–H groups in total. The van der Waals surface area contributed by atoms with Gasteiger partial charge in [-0.2, -0.15) is 4.72 Å². The van der Waals surface area contributed by atoms with Crippen LogP contribution in [0.4, 0.5) is 0 Å². The van der Waals surface area contributed by atoms with Gasteiger partial charge in [0.1, 0.15) is 6.04 Å². The Hall–Kier alpha value is -1.15. The number of carboxylic acid groups (broad SMARTS) is 1. The van der Waals surface area contributed by atoms with Crippen molar-refractivity contribution in [1.29, 1.82) is 0 Å². The fraction of sp³-hybridized carbons (Fsp3) is 0.222. The Morgan fingerprint density at radius 1 is 1.35 bits per heavy atom. The minimum atomic E-state index is -3.98. The second-order valence-corrected chi connectivity index (χ2v) is 5.30. The summed E-state index contributed by atoms with van der Waals surface area (Å²) in [5.41, 5.74) is 0. The van der Waals surface area contributed by atoms with E-state index in [0.717, 1.165) is 0 Å². The van der Waals surface area contributed by atoms with Crippen LogP contribution in [0.1, 0.15) is 0 Å². The molecule has 17 heavy (non-hydrogen) atoms. The molecule has 1 atom stereocenters. The third-order valence-corrected chi connectivity index (χ3v) is 3.64. The number of benzene rings is 1. The normalized spacial score (nSPS) is 13.3. The van der Waals surface area contributed by atoms with Crippen molar-refractivity contribution in [3.63, 3.8) is 0 Å². The summed E-state index contributed by atoms with van der Waals surface area (Å²) < 4.78 is 25.2. The number of aliphatic hydroxyl groups excluding tert-OH is 1. The number of hydrogen-bond donors (Lipinski definition) is 3. The highest BCUT2D eigenvalue weighted by Crippen LogP contribution is 2.14. The lowest BCUT2D eigenvalue weighted by Crippen LogP contribution is -2.43. The van der Waals surface area contributed by atoms with Gasteiger partial charge in [-0.1, -0.05) is 11.6 Å². The summed E-state index contributed by atoms with van der Waals surface area (Å²) >= 11 is 5.60. The zero-order chi connectivity index (χ0) is 13.1. The number of aliphatic carboxylic acids is 1. The number of carboxylic acids is 1. The third kappa shape index (κ3) is 3.67. The number of rotatable bonds is 5. The first kappa shape index (κ1) is 13.9. The minimum Gasteiger partial charge on any atom is -0.480 e. The van der Waals surface area contributed by atoms with Crippen molar-refractivity contribution in [3.8, 4) is 0 Å². The van der Waals surface area contributed by atoms with Crippen LogP contribution in [-0.4, -0.2) is 37.2 Å². The van der Waals surface area contributed by atoms with Gasteiger partial charge in [-0.25, -0.2) is 8.42 Å². The molecule has 1 aromatic rings. The van der Waals surface area contributed by atoms with E-state index < -0.39 is 28.6 Å². The van der Waals surface area contributed by atoms with Crippen LogP contribution >= 0.6 is 11.6 Å². The van der Waals surface area contributed by atoms with Crippen molar-refractivity contribution < 1.29 is 23.4 Å².